The van der Waals surface area contributed by atoms with Crippen molar-refractivity contribution in [1.82, 2.24) is 19.8 Å². The molecule has 0 aliphatic carbocycles. The molecule has 0 radical (unpaired) electrons. The van der Waals surface area contributed by atoms with Crippen LogP contribution in [0.2, 0.25) is 0 Å². The van der Waals surface area contributed by atoms with Gasteiger partial charge in [-0.25, -0.2) is 8.78 Å². The molecule has 0 saturated carbocycles. The lowest BCUT2D eigenvalue weighted by molar-refractivity contribution is -0.115. The zero-order valence-corrected chi connectivity index (χ0v) is 17.0. The van der Waals surface area contributed by atoms with Crippen molar-refractivity contribution < 1.29 is 18.3 Å². The summed E-state index contributed by atoms with van der Waals surface area (Å²) in [6, 6.07) is 10.8. The highest BCUT2D eigenvalue weighted by Crippen LogP contribution is 2.20. The molecule has 1 aliphatic rings. The summed E-state index contributed by atoms with van der Waals surface area (Å²) in [5.74, 6) is -0.382. The van der Waals surface area contributed by atoms with Crippen LogP contribution in [0.1, 0.15) is 19.2 Å². The van der Waals surface area contributed by atoms with Crippen molar-refractivity contribution in [2.45, 2.75) is 13.3 Å². The van der Waals surface area contributed by atoms with Gasteiger partial charge in [0.2, 0.25) is 11.7 Å². The molecule has 1 amide bonds. The number of likely N-dealkylation sites (N-methyl/N-ethyl adjacent to an activating group) is 1. The molecule has 11 heteroatoms. The lowest BCUT2D eigenvalue weighted by Gasteiger charge is -2.29. The number of halogens is 2. The number of anilines is 3. The minimum absolute atomic E-state index is 0.0202. The summed E-state index contributed by atoms with van der Waals surface area (Å²) in [6.07, 6.45) is -2.79. The predicted molar refractivity (Wildman–Crippen MR) is 112 cm³/mol. The van der Waals surface area contributed by atoms with Crippen molar-refractivity contribution >= 4 is 28.7 Å². The molecular formula is C20H23F2N7O2. The smallest absolute Gasteiger partial charge is 0.299 e. The first-order valence-electron chi connectivity index (χ1n) is 10.0. The number of rotatable bonds is 7. The van der Waals surface area contributed by atoms with Crippen LogP contribution in [0.15, 0.2) is 36.4 Å². The molecule has 3 heterocycles. The maximum absolute atomic E-state index is 13.1. The number of hydrogen-bond acceptors (Lipinski definition) is 7. The number of hydrogen-bond donors (Lipinski definition) is 1. The van der Waals surface area contributed by atoms with Crippen LogP contribution in [0.4, 0.5) is 26.0 Å². The number of nitrogens with zero attached hydrogens (tertiary/aromatic N) is 6. The Balaban J connectivity index is 1.42. The molecule has 0 bridgehead atoms. The number of fused-ring (bicyclic) bond motifs is 1. The minimum Gasteiger partial charge on any atom is -0.378 e. The van der Waals surface area contributed by atoms with E-state index in [1.54, 1.807) is 17.0 Å². The van der Waals surface area contributed by atoms with Crippen LogP contribution in [0.25, 0.3) is 5.65 Å². The molecule has 1 N–H and O–H groups in total. The summed E-state index contributed by atoms with van der Waals surface area (Å²) >= 11 is 0. The monoisotopic (exact) mass is 431 g/mol. The predicted octanol–water partition coefficient (Wildman–Crippen LogP) is 2.36. The van der Waals surface area contributed by atoms with Gasteiger partial charge in [-0.2, -0.15) is 4.52 Å². The lowest BCUT2D eigenvalue weighted by Crippen LogP contribution is -2.36. The van der Waals surface area contributed by atoms with Gasteiger partial charge in [0, 0.05) is 31.0 Å². The van der Waals surface area contributed by atoms with Gasteiger partial charge in [-0.1, -0.05) is 0 Å². The molecule has 0 atom stereocenters. The number of morpholine rings is 1. The Morgan fingerprint density at radius 3 is 2.58 bits per heavy atom. The number of carbonyl (C=O) groups is 1. The van der Waals surface area contributed by atoms with E-state index >= 15 is 0 Å². The van der Waals surface area contributed by atoms with Crippen molar-refractivity contribution in [2.75, 3.05) is 54.5 Å². The second-order valence-electron chi connectivity index (χ2n) is 7.03. The van der Waals surface area contributed by atoms with Crippen LogP contribution in [-0.2, 0) is 9.53 Å². The standard InChI is InChI=1S/C20H23F2N7O2/c1-2-27(17-8-7-16-24-25-20(19(21)22)29(16)26-17)13-18(30)23-14-3-5-15(6-4-14)28-9-11-31-12-10-28/h3-8,19H,2,9-13H2,1H3,(H,23,30). The summed E-state index contributed by atoms with van der Waals surface area (Å²) in [5.41, 5.74) is 1.98. The number of aromatic nitrogens is 4. The molecule has 2 aromatic heterocycles. The van der Waals surface area contributed by atoms with Crippen molar-refractivity contribution in [3.8, 4) is 0 Å². The molecule has 1 aliphatic heterocycles. The van der Waals surface area contributed by atoms with Gasteiger partial charge in [-0.15, -0.1) is 15.3 Å². The van der Waals surface area contributed by atoms with Crippen molar-refractivity contribution in [1.29, 1.82) is 0 Å². The van der Waals surface area contributed by atoms with E-state index in [2.05, 4.69) is 25.5 Å². The van der Waals surface area contributed by atoms with E-state index in [1.807, 2.05) is 31.2 Å². The van der Waals surface area contributed by atoms with Gasteiger partial charge < -0.3 is 19.9 Å². The number of amides is 1. The number of carbonyl (C=O) groups excluding carboxylic acids is 1. The number of ether oxygens (including phenoxy) is 1. The van der Waals surface area contributed by atoms with Crippen LogP contribution in [0.5, 0.6) is 0 Å². The van der Waals surface area contributed by atoms with Crippen LogP contribution in [0, 0.1) is 0 Å². The Bertz CT molecular complexity index is 1040. The van der Waals surface area contributed by atoms with Crippen LogP contribution >= 0.6 is 0 Å². The number of benzene rings is 1. The van der Waals surface area contributed by atoms with E-state index in [-0.39, 0.29) is 18.1 Å². The SMILES string of the molecule is CCN(CC(=O)Nc1ccc(N2CCOCC2)cc1)c1ccc2nnc(C(F)F)n2n1. The Morgan fingerprint density at radius 1 is 1.16 bits per heavy atom. The van der Waals surface area contributed by atoms with E-state index < -0.39 is 12.2 Å². The highest BCUT2D eigenvalue weighted by molar-refractivity contribution is 5.94. The van der Waals surface area contributed by atoms with Gasteiger partial charge in [0.25, 0.3) is 6.43 Å². The quantitative estimate of drug-likeness (QED) is 0.614. The largest absolute Gasteiger partial charge is 0.378 e. The molecular weight excluding hydrogens is 408 g/mol. The molecule has 164 valence electrons. The second-order valence-corrected chi connectivity index (χ2v) is 7.03. The fraction of sp³-hybridized carbons (Fsp3) is 0.400. The summed E-state index contributed by atoms with van der Waals surface area (Å²) in [7, 11) is 0. The third kappa shape index (κ3) is 4.71. The molecule has 3 aromatic rings. The third-order valence-corrected chi connectivity index (χ3v) is 5.04. The topological polar surface area (TPSA) is 87.9 Å². The van der Waals surface area contributed by atoms with Gasteiger partial charge in [0.15, 0.2) is 5.65 Å². The van der Waals surface area contributed by atoms with Crippen molar-refractivity contribution in [3.05, 3.63) is 42.2 Å². The Hall–Kier alpha value is -3.34. The van der Waals surface area contributed by atoms with Crippen molar-refractivity contribution in [2.24, 2.45) is 0 Å². The molecule has 4 rings (SSSR count). The summed E-state index contributed by atoms with van der Waals surface area (Å²) in [5, 5.41) is 14.2. The van der Waals surface area contributed by atoms with Gasteiger partial charge >= 0.3 is 0 Å². The number of alkyl halides is 2. The van der Waals surface area contributed by atoms with Crippen molar-refractivity contribution in [3.63, 3.8) is 0 Å². The molecule has 1 saturated heterocycles. The lowest BCUT2D eigenvalue weighted by atomic mass is 10.2. The normalized spacial score (nSPS) is 14.3. The van der Waals surface area contributed by atoms with E-state index in [9.17, 15) is 13.6 Å². The van der Waals surface area contributed by atoms with Crippen LogP contribution in [0.3, 0.4) is 0 Å². The van der Waals surface area contributed by atoms with E-state index in [1.165, 1.54) is 0 Å². The summed E-state index contributed by atoms with van der Waals surface area (Å²) in [6.45, 7) is 5.44. The number of nitrogens with one attached hydrogen (secondary N) is 1. The summed E-state index contributed by atoms with van der Waals surface area (Å²) in [4.78, 5) is 16.5. The molecule has 0 unspecified atom stereocenters. The average molecular weight is 431 g/mol. The Morgan fingerprint density at radius 2 is 1.90 bits per heavy atom. The van der Waals surface area contributed by atoms with Gasteiger partial charge in [-0.3, -0.25) is 4.79 Å². The molecule has 1 aromatic carbocycles. The fourth-order valence-electron chi connectivity index (χ4n) is 3.41. The van der Waals surface area contributed by atoms with Gasteiger partial charge in [-0.05, 0) is 43.3 Å². The van der Waals surface area contributed by atoms with Crippen LogP contribution < -0.4 is 15.1 Å². The Labute approximate surface area is 177 Å². The van der Waals surface area contributed by atoms with E-state index in [0.29, 0.717) is 31.3 Å². The van der Waals surface area contributed by atoms with Gasteiger partial charge in [0.05, 0.1) is 19.8 Å². The maximum atomic E-state index is 13.1. The van der Waals surface area contributed by atoms with E-state index in [0.717, 1.165) is 23.3 Å². The first-order valence-corrected chi connectivity index (χ1v) is 10.0. The average Bonchev–Trinajstić information content (AvgIpc) is 3.22. The highest BCUT2D eigenvalue weighted by Gasteiger charge is 2.19. The molecule has 1 fully saturated rings. The molecule has 9 nitrogen and oxygen atoms in total. The molecule has 31 heavy (non-hydrogen) atoms. The van der Waals surface area contributed by atoms with E-state index in [4.69, 9.17) is 4.74 Å². The Kier molecular flexibility index (Phi) is 6.21. The zero-order valence-electron chi connectivity index (χ0n) is 17.0. The van der Waals surface area contributed by atoms with Gasteiger partial charge in [0.1, 0.15) is 5.82 Å². The molecule has 0 spiro atoms. The first-order chi connectivity index (χ1) is 15.0. The van der Waals surface area contributed by atoms with Crippen LogP contribution in [-0.4, -0.2) is 65.1 Å². The second kappa shape index (κ2) is 9.21. The first kappa shape index (κ1) is 20.9. The summed E-state index contributed by atoms with van der Waals surface area (Å²) < 4.78 is 32.6. The minimum atomic E-state index is -2.79. The fourth-order valence-corrected chi connectivity index (χ4v) is 3.41. The highest BCUT2D eigenvalue weighted by atomic mass is 19.3. The maximum Gasteiger partial charge on any atom is 0.299 e. The third-order valence-electron chi connectivity index (χ3n) is 5.04. The zero-order chi connectivity index (χ0) is 21.8.